The number of hydrogen-bond donors (Lipinski definition) is 0. The Morgan fingerprint density at radius 3 is 2.65 bits per heavy atom. The van der Waals surface area contributed by atoms with Crippen LogP contribution < -0.4 is 0 Å². The van der Waals surface area contributed by atoms with E-state index < -0.39 is 0 Å². The number of benzene rings is 1. The highest BCUT2D eigenvalue weighted by Gasteiger charge is 2.02. The fourth-order valence-corrected chi connectivity index (χ4v) is 2.26. The first-order valence-electron chi connectivity index (χ1n) is 5.48. The number of fused-ring (bicyclic) bond motifs is 1. The summed E-state index contributed by atoms with van der Waals surface area (Å²) in [7, 11) is 0. The maximum absolute atomic E-state index is 4.59. The lowest BCUT2D eigenvalue weighted by molar-refractivity contribution is 1.11. The Hall–Kier alpha value is -1.61. The van der Waals surface area contributed by atoms with Crippen LogP contribution in [0.1, 0.15) is 11.3 Å². The van der Waals surface area contributed by atoms with Crippen LogP contribution in [0, 0.1) is 0 Å². The van der Waals surface area contributed by atoms with Crippen LogP contribution in [-0.4, -0.2) is 9.38 Å². The highest BCUT2D eigenvalue weighted by Crippen LogP contribution is 2.14. The SMILES string of the molecule is Brc1ccc2nc(Cc3ccccc3)cn2c1. The highest BCUT2D eigenvalue weighted by atomic mass is 79.9. The van der Waals surface area contributed by atoms with Gasteiger partial charge >= 0.3 is 0 Å². The molecule has 0 atom stereocenters. The van der Waals surface area contributed by atoms with E-state index in [0.717, 1.165) is 22.2 Å². The Morgan fingerprint density at radius 2 is 1.82 bits per heavy atom. The van der Waals surface area contributed by atoms with Crippen molar-refractivity contribution in [3.05, 3.63) is 70.6 Å². The van der Waals surface area contributed by atoms with E-state index in [1.54, 1.807) is 0 Å². The topological polar surface area (TPSA) is 17.3 Å². The predicted octanol–water partition coefficient (Wildman–Crippen LogP) is 3.69. The fourth-order valence-electron chi connectivity index (χ4n) is 1.91. The summed E-state index contributed by atoms with van der Waals surface area (Å²) in [6.45, 7) is 0. The molecule has 2 aromatic heterocycles. The van der Waals surface area contributed by atoms with Crippen molar-refractivity contribution in [2.75, 3.05) is 0 Å². The molecule has 1 aromatic carbocycles. The summed E-state index contributed by atoms with van der Waals surface area (Å²) in [6, 6.07) is 14.4. The molecule has 3 aromatic rings. The molecule has 0 saturated carbocycles. The van der Waals surface area contributed by atoms with Gasteiger partial charge in [0.25, 0.3) is 0 Å². The van der Waals surface area contributed by atoms with Crippen molar-refractivity contribution in [3.63, 3.8) is 0 Å². The van der Waals surface area contributed by atoms with Gasteiger partial charge in [-0.25, -0.2) is 4.98 Å². The molecule has 0 bridgehead atoms. The molecule has 2 nitrogen and oxygen atoms in total. The lowest BCUT2D eigenvalue weighted by atomic mass is 10.1. The zero-order chi connectivity index (χ0) is 11.7. The first-order valence-corrected chi connectivity index (χ1v) is 6.28. The molecule has 0 fully saturated rings. The molecule has 3 heteroatoms. The van der Waals surface area contributed by atoms with Crippen LogP contribution in [0.4, 0.5) is 0 Å². The number of halogens is 1. The number of imidazole rings is 1. The van der Waals surface area contributed by atoms with Gasteiger partial charge in [-0.15, -0.1) is 0 Å². The van der Waals surface area contributed by atoms with Gasteiger partial charge in [0.2, 0.25) is 0 Å². The fraction of sp³-hybridized carbons (Fsp3) is 0.0714. The predicted molar refractivity (Wildman–Crippen MR) is 72.1 cm³/mol. The van der Waals surface area contributed by atoms with Crippen molar-refractivity contribution in [2.24, 2.45) is 0 Å². The van der Waals surface area contributed by atoms with E-state index in [4.69, 9.17) is 0 Å². The maximum Gasteiger partial charge on any atom is 0.137 e. The van der Waals surface area contributed by atoms with Crippen molar-refractivity contribution in [2.45, 2.75) is 6.42 Å². The van der Waals surface area contributed by atoms with E-state index in [-0.39, 0.29) is 0 Å². The van der Waals surface area contributed by atoms with Crippen molar-refractivity contribution in [3.8, 4) is 0 Å². The number of rotatable bonds is 2. The van der Waals surface area contributed by atoms with Crippen LogP contribution >= 0.6 is 15.9 Å². The summed E-state index contributed by atoms with van der Waals surface area (Å²) in [5, 5.41) is 0. The highest BCUT2D eigenvalue weighted by molar-refractivity contribution is 9.10. The van der Waals surface area contributed by atoms with E-state index >= 15 is 0 Å². The summed E-state index contributed by atoms with van der Waals surface area (Å²) in [5.74, 6) is 0. The number of aromatic nitrogens is 2. The van der Waals surface area contributed by atoms with Gasteiger partial charge in [-0.05, 0) is 33.6 Å². The van der Waals surface area contributed by atoms with Crippen molar-refractivity contribution >= 4 is 21.6 Å². The smallest absolute Gasteiger partial charge is 0.137 e. The Balaban J connectivity index is 1.96. The lowest BCUT2D eigenvalue weighted by Gasteiger charge is -1.95. The van der Waals surface area contributed by atoms with E-state index in [2.05, 4.69) is 51.4 Å². The quantitative estimate of drug-likeness (QED) is 0.702. The van der Waals surface area contributed by atoms with Crippen LogP contribution in [-0.2, 0) is 6.42 Å². The first kappa shape index (κ1) is 10.5. The molecular formula is C14H11BrN2. The van der Waals surface area contributed by atoms with Crippen LogP contribution in [0.15, 0.2) is 59.3 Å². The van der Waals surface area contributed by atoms with Gasteiger partial charge < -0.3 is 4.40 Å². The van der Waals surface area contributed by atoms with Crippen molar-refractivity contribution in [1.29, 1.82) is 0 Å². The number of hydrogen-bond acceptors (Lipinski definition) is 1. The van der Waals surface area contributed by atoms with Gasteiger partial charge in [0.1, 0.15) is 5.65 Å². The summed E-state index contributed by atoms with van der Waals surface area (Å²) < 4.78 is 3.11. The molecule has 17 heavy (non-hydrogen) atoms. The second-order valence-corrected chi connectivity index (χ2v) is 4.92. The average molecular weight is 287 g/mol. The number of nitrogens with zero attached hydrogens (tertiary/aromatic N) is 2. The minimum absolute atomic E-state index is 0.875. The molecule has 0 aliphatic heterocycles. The molecule has 0 radical (unpaired) electrons. The van der Waals surface area contributed by atoms with E-state index in [9.17, 15) is 0 Å². The molecule has 0 spiro atoms. The second kappa shape index (κ2) is 4.34. The summed E-state index contributed by atoms with van der Waals surface area (Å²) >= 11 is 3.46. The lowest BCUT2D eigenvalue weighted by Crippen LogP contribution is -1.86. The third kappa shape index (κ3) is 2.24. The molecule has 84 valence electrons. The van der Waals surface area contributed by atoms with Crippen LogP contribution in [0.25, 0.3) is 5.65 Å². The molecule has 2 heterocycles. The average Bonchev–Trinajstić information content (AvgIpc) is 2.71. The summed E-state index contributed by atoms with van der Waals surface area (Å²) in [5.41, 5.74) is 3.36. The van der Waals surface area contributed by atoms with Gasteiger partial charge in [0.05, 0.1) is 5.69 Å². The first-order chi connectivity index (χ1) is 8.31. The number of pyridine rings is 1. The Labute approximate surface area is 108 Å². The minimum Gasteiger partial charge on any atom is -0.306 e. The largest absolute Gasteiger partial charge is 0.306 e. The third-order valence-electron chi connectivity index (χ3n) is 2.69. The van der Waals surface area contributed by atoms with Gasteiger partial charge in [-0.2, -0.15) is 0 Å². The van der Waals surface area contributed by atoms with Crippen LogP contribution in [0.2, 0.25) is 0 Å². The van der Waals surface area contributed by atoms with E-state index in [1.165, 1.54) is 5.56 Å². The monoisotopic (exact) mass is 286 g/mol. The molecule has 0 saturated heterocycles. The third-order valence-corrected chi connectivity index (χ3v) is 3.16. The molecular weight excluding hydrogens is 276 g/mol. The molecule has 0 unspecified atom stereocenters. The standard InChI is InChI=1S/C14H11BrN2/c15-12-6-7-14-16-13(10-17(14)9-12)8-11-4-2-1-3-5-11/h1-7,9-10H,8H2. The zero-order valence-corrected chi connectivity index (χ0v) is 10.8. The molecule has 0 N–H and O–H groups in total. The summed E-state index contributed by atoms with van der Waals surface area (Å²) in [6.07, 6.45) is 4.98. The van der Waals surface area contributed by atoms with Crippen molar-refractivity contribution in [1.82, 2.24) is 9.38 Å². The van der Waals surface area contributed by atoms with Crippen molar-refractivity contribution < 1.29 is 0 Å². The Bertz CT molecular complexity index is 644. The minimum atomic E-state index is 0.875. The van der Waals surface area contributed by atoms with Gasteiger partial charge in [-0.3, -0.25) is 0 Å². The molecule has 0 aliphatic rings. The Morgan fingerprint density at radius 1 is 1.00 bits per heavy atom. The van der Waals surface area contributed by atoms with Crippen LogP contribution in [0.5, 0.6) is 0 Å². The van der Waals surface area contributed by atoms with E-state index in [1.807, 2.05) is 28.8 Å². The maximum atomic E-state index is 4.59. The van der Waals surface area contributed by atoms with Crippen LogP contribution in [0.3, 0.4) is 0 Å². The van der Waals surface area contributed by atoms with Gasteiger partial charge in [0.15, 0.2) is 0 Å². The summed E-state index contributed by atoms with van der Waals surface area (Å²) in [4.78, 5) is 4.59. The molecule has 0 aliphatic carbocycles. The van der Waals surface area contributed by atoms with Gasteiger partial charge in [-0.1, -0.05) is 30.3 Å². The van der Waals surface area contributed by atoms with Gasteiger partial charge in [0, 0.05) is 23.3 Å². The molecule has 0 amide bonds. The normalized spacial score (nSPS) is 10.9. The zero-order valence-electron chi connectivity index (χ0n) is 9.18. The van der Waals surface area contributed by atoms with E-state index in [0.29, 0.717) is 0 Å². The Kier molecular flexibility index (Phi) is 2.69. The molecule has 3 rings (SSSR count). The second-order valence-electron chi connectivity index (χ2n) is 4.01.